The number of aromatic nitrogens is 2. The molecule has 0 spiro atoms. The molecule has 0 bridgehead atoms. The van der Waals surface area contributed by atoms with Gasteiger partial charge in [0.05, 0.1) is 16.8 Å². The van der Waals surface area contributed by atoms with E-state index in [2.05, 4.69) is 24.9 Å². The molecule has 0 aliphatic rings. The standard InChI is InChI=1S/C16H17N7O4S/c1-8-7-27-15(9(8)2)23-28(25,26)11-5-3-10(4-6-11)21-22-12-13(17)19-16(18)20-14(12)24/h3-7,23H,1-2H3,(H5,17,18,19,20,24). The average molecular weight is 403 g/mol. The summed E-state index contributed by atoms with van der Waals surface area (Å²) in [5.74, 6) is -0.144. The number of nitrogen functional groups attached to an aromatic ring is 2. The van der Waals surface area contributed by atoms with Crippen molar-refractivity contribution >= 4 is 39.0 Å². The highest BCUT2D eigenvalue weighted by Gasteiger charge is 2.18. The molecule has 0 saturated carbocycles. The second-order valence-electron chi connectivity index (χ2n) is 5.86. The Bertz CT molecular complexity index is 1210. The lowest BCUT2D eigenvalue weighted by Crippen LogP contribution is -2.13. The maximum atomic E-state index is 12.5. The van der Waals surface area contributed by atoms with Crippen LogP contribution in [0.1, 0.15) is 11.1 Å². The van der Waals surface area contributed by atoms with Crippen LogP contribution < -0.4 is 21.7 Å². The summed E-state index contributed by atoms with van der Waals surface area (Å²) >= 11 is 0. The molecule has 0 aliphatic carbocycles. The first-order chi connectivity index (χ1) is 13.2. The Labute approximate surface area is 159 Å². The number of nitrogens with zero attached hydrogens (tertiary/aromatic N) is 3. The smallest absolute Gasteiger partial charge is 0.282 e. The predicted octanol–water partition coefficient (Wildman–Crippen LogP) is 2.36. The predicted molar refractivity (Wildman–Crippen MR) is 103 cm³/mol. The van der Waals surface area contributed by atoms with Crippen LogP contribution in [0.4, 0.5) is 29.0 Å². The van der Waals surface area contributed by atoms with E-state index in [-0.39, 0.29) is 28.2 Å². The number of H-pyrrole nitrogens is 1. The van der Waals surface area contributed by atoms with Crippen LogP contribution in [0.25, 0.3) is 0 Å². The molecular weight excluding hydrogens is 386 g/mol. The maximum absolute atomic E-state index is 12.5. The minimum absolute atomic E-state index is 0.00594. The van der Waals surface area contributed by atoms with E-state index in [1.807, 2.05) is 6.92 Å². The molecule has 28 heavy (non-hydrogen) atoms. The Balaban J connectivity index is 1.82. The molecule has 146 valence electrons. The molecule has 0 saturated heterocycles. The van der Waals surface area contributed by atoms with Gasteiger partial charge in [0.15, 0.2) is 11.5 Å². The van der Waals surface area contributed by atoms with Crippen molar-refractivity contribution in [1.82, 2.24) is 9.97 Å². The molecule has 3 rings (SSSR count). The topological polar surface area (TPSA) is 182 Å². The van der Waals surface area contributed by atoms with Gasteiger partial charge in [-0.15, -0.1) is 5.11 Å². The van der Waals surface area contributed by atoms with Crippen molar-refractivity contribution in [3.05, 3.63) is 52.0 Å². The summed E-state index contributed by atoms with van der Waals surface area (Å²) in [6, 6.07) is 5.54. The van der Waals surface area contributed by atoms with E-state index in [0.717, 1.165) is 5.56 Å². The van der Waals surface area contributed by atoms with E-state index < -0.39 is 15.6 Å². The van der Waals surface area contributed by atoms with Gasteiger partial charge in [-0.1, -0.05) is 0 Å². The SMILES string of the molecule is Cc1coc(NS(=O)(=O)c2ccc(N=Nc3c(N)nc(N)[nH]c3=O)cc2)c1C. The van der Waals surface area contributed by atoms with Crippen molar-refractivity contribution in [3.8, 4) is 0 Å². The molecule has 0 aliphatic heterocycles. The molecule has 0 atom stereocenters. The fourth-order valence-corrected chi connectivity index (χ4v) is 3.24. The van der Waals surface area contributed by atoms with Gasteiger partial charge in [0.2, 0.25) is 11.8 Å². The molecule has 11 nitrogen and oxygen atoms in total. The molecular formula is C16H17N7O4S. The number of aryl methyl sites for hydroxylation is 1. The van der Waals surface area contributed by atoms with Crippen LogP contribution in [0, 0.1) is 13.8 Å². The highest BCUT2D eigenvalue weighted by molar-refractivity contribution is 7.92. The zero-order chi connectivity index (χ0) is 20.5. The van der Waals surface area contributed by atoms with Crippen LogP contribution in [0.15, 0.2) is 54.9 Å². The van der Waals surface area contributed by atoms with Gasteiger partial charge in [-0.2, -0.15) is 10.1 Å². The number of sulfonamides is 1. The Kier molecular flexibility index (Phi) is 4.88. The third-order valence-electron chi connectivity index (χ3n) is 3.87. The Hall–Kier alpha value is -3.67. The van der Waals surface area contributed by atoms with E-state index in [1.54, 1.807) is 6.92 Å². The zero-order valence-corrected chi connectivity index (χ0v) is 15.7. The molecule has 1 aromatic carbocycles. The van der Waals surface area contributed by atoms with Crippen molar-refractivity contribution < 1.29 is 12.8 Å². The van der Waals surface area contributed by atoms with Gasteiger partial charge >= 0.3 is 0 Å². The largest absolute Gasteiger partial charge is 0.447 e. The summed E-state index contributed by atoms with van der Waals surface area (Å²) in [6.07, 6.45) is 1.47. The van der Waals surface area contributed by atoms with E-state index >= 15 is 0 Å². The van der Waals surface area contributed by atoms with E-state index in [0.29, 0.717) is 11.3 Å². The summed E-state index contributed by atoms with van der Waals surface area (Å²) < 4.78 is 32.5. The number of aromatic amines is 1. The minimum atomic E-state index is -3.84. The van der Waals surface area contributed by atoms with Gasteiger partial charge < -0.3 is 15.9 Å². The molecule has 12 heteroatoms. The van der Waals surface area contributed by atoms with Gasteiger partial charge in [0, 0.05) is 5.56 Å². The number of furan rings is 1. The number of anilines is 3. The first-order valence-electron chi connectivity index (χ1n) is 7.92. The molecule has 2 heterocycles. The van der Waals surface area contributed by atoms with Crippen molar-refractivity contribution in [2.24, 2.45) is 10.2 Å². The van der Waals surface area contributed by atoms with Gasteiger partial charge in [0.25, 0.3) is 15.6 Å². The number of hydrogen-bond acceptors (Lipinski definition) is 9. The zero-order valence-electron chi connectivity index (χ0n) is 14.9. The van der Waals surface area contributed by atoms with Crippen LogP contribution in [-0.4, -0.2) is 18.4 Å². The molecule has 6 N–H and O–H groups in total. The lowest BCUT2D eigenvalue weighted by molar-refractivity contribution is 0.573. The van der Waals surface area contributed by atoms with Crippen molar-refractivity contribution in [3.63, 3.8) is 0 Å². The molecule has 0 radical (unpaired) electrons. The highest BCUT2D eigenvalue weighted by Crippen LogP contribution is 2.25. The molecule has 3 aromatic rings. The molecule has 2 aromatic heterocycles. The summed E-state index contributed by atoms with van der Waals surface area (Å²) in [4.78, 5) is 17.7. The number of hydrogen-bond donors (Lipinski definition) is 4. The fraction of sp³-hybridized carbons (Fsp3) is 0.125. The third kappa shape index (κ3) is 3.86. The minimum Gasteiger partial charge on any atom is -0.447 e. The van der Waals surface area contributed by atoms with Crippen LogP contribution in [0.5, 0.6) is 0 Å². The third-order valence-corrected chi connectivity index (χ3v) is 5.21. The Morgan fingerprint density at radius 1 is 1.14 bits per heavy atom. The maximum Gasteiger partial charge on any atom is 0.282 e. The van der Waals surface area contributed by atoms with Crippen LogP contribution >= 0.6 is 0 Å². The average Bonchev–Trinajstić information content (AvgIpc) is 2.93. The summed E-state index contributed by atoms with van der Waals surface area (Å²) in [6.45, 7) is 3.56. The summed E-state index contributed by atoms with van der Waals surface area (Å²) in [5, 5.41) is 7.61. The number of benzene rings is 1. The monoisotopic (exact) mass is 403 g/mol. The number of nitrogens with one attached hydrogen (secondary N) is 2. The lowest BCUT2D eigenvalue weighted by atomic mass is 10.2. The summed E-state index contributed by atoms with van der Waals surface area (Å²) in [7, 11) is -3.84. The second-order valence-corrected chi connectivity index (χ2v) is 7.54. The number of azo groups is 1. The highest BCUT2D eigenvalue weighted by atomic mass is 32.2. The van der Waals surface area contributed by atoms with Gasteiger partial charge in [-0.05, 0) is 43.7 Å². The fourth-order valence-electron chi connectivity index (χ4n) is 2.18. The van der Waals surface area contributed by atoms with Crippen molar-refractivity contribution in [2.45, 2.75) is 18.7 Å². The number of rotatable bonds is 5. The molecule has 0 unspecified atom stereocenters. The van der Waals surface area contributed by atoms with Crippen molar-refractivity contribution in [1.29, 1.82) is 0 Å². The van der Waals surface area contributed by atoms with E-state index in [4.69, 9.17) is 15.9 Å². The van der Waals surface area contributed by atoms with Crippen LogP contribution in [-0.2, 0) is 10.0 Å². The van der Waals surface area contributed by atoms with E-state index in [9.17, 15) is 13.2 Å². The molecule has 0 amide bonds. The second kappa shape index (κ2) is 7.15. The quantitative estimate of drug-likeness (QED) is 0.471. The van der Waals surface area contributed by atoms with Gasteiger partial charge in [-0.25, -0.2) is 13.1 Å². The Morgan fingerprint density at radius 3 is 2.39 bits per heavy atom. The lowest BCUT2D eigenvalue weighted by Gasteiger charge is -2.06. The van der Waals surface area contributed by atoms with E-state index in [1.165, 1.54) is 30.5 Å². The van der Waals surface area contributed by atoms with Crippen molar-refractivity contribution in [2.75, 3.05) is 16.2 Å². The van der Waals surface area contributed by atoms with Crippen LogP contribution in [0.3, 0.4) is 0 Å². The van der Waals surface area contributed by atoms with Crippen LogP contribution in [0.2, 0.25) is 0 Å². The normalized spacial score (nSPS) is 11.8. The van der Waals surface area contributed by atoms with Gasteiger partial charge in [0.1, 0.15) is 0 Å². The summed E-state index contributed by atoms with van der Waals surface area (Å²) in [5.41, 5.74) is 12.0. The number of nitrogens with two attached hydrogens (primary N) is 2. The first kappa shape index (κ1) is 19.1. The first-order valence-corrected chi connectivity index (χ1v) is 9.40. The molecule has 0 fully saturated rings. The Morgan fingerprint density at radius 2 is 1.82 bits per heavy atom. The van der Waals surface area contributed by atoms with Gasteiger partial charge in [-0.3, -0.25) is 9.78 Å².